The van der Waals surface area contributed by atoms with Crippen LogP contribution in [0.3, 0.4) is 0 Å². The molecule has 2 rings (SSSR count). The Morgan fingerprint density at radius 2 is 1.74 bits per heavy atom. The zero-order valence-corrected chi connectivity index (χ0v) is 11.8. The zero-order valence-electron chi connectivity index (χ0n) is 11.8. The summed E-state index contributed by atoms with van der Waals surface area (Å²) >= 11 is 0. The van der Waals surface area contributed by atoms with Gasteiger partial charge in [0, 0.05) is 44.6 Å². The van der Waals surface area contributed by atoms with E-state index in [1.54, 1.807) is 0 Å². The molecule has 1 saturated carbocycles. The van der Waals surface area contributed by atoms with Crippen LogP contribution in [0.25, 0.3) is 0 Å². The van der Waals surface area contributed by atoms with E-state index in [1.165, 1.54) is 0 Å². The zero-order chi connectivity index (χ0) is 13.8. The Morgan fingerprint density at radius 3 is 2.26 bits per heavy atom. The van der Waals surface area contributed by atoms with Crippen LogP contribution < -0.4 is 5.73 Å². The molecule has 5 nitrogen and oxygen atoms in total. The molecule has 2 fully saturated rings. The highest BCUT2D eigenvalue weighted by molar-refractivity contribution is 5.82. The third-order valence-electron chi connectivity index (χ3n) is 3.97. The number of nitrogens with zero attached hydrogens (tertiary/aromatic N) is 2. The molecule has 1 atom stereocenters. The molecular weight excluding hydrogens is 242 g/mol. The van der Waals surface area contributed by atoms with Gasteiger partial charge in [-0.3, -0.25) is 9.59 Å². The summed E-state index contributed by atoms with van der Waals surface area (Å²) in [6.07, 6.45) is 4.43. The van der Waals surface area contributed by atoms with Crippen LogP contribution in [0.1, 0.15) is 39.0 Å². The fourth-order valence-corrected chi connectivity index (χ4v) is 2.59. The first-order valence-electron chi connectivity index (χ1n) is 7.44. The van der Waals surface area contributed by atoms with E-state index in [0.717, 1.165) is 25.7 Å². The first-order valence-corrected chi connectivity index (χ1v) is 7.44. The molecular formula is C14H25N3O2. The van der Waals surface area contributed by atoms with Crippen LogP contribution >= 0.6 is 0 Å². The highest BCUT2D eigenvalue weighted by Crippen LogP contribution is 2.31. The van der Waals surface area contributed by atoms with Gasteiger partial charge in [-0.15, -0.1) is 0 Å². The maximum atomic E-state index is 12.0. The van der Waals surface area contributed by atoms with Crippen LogP contribution in [0.4, 0.5) is 0 Å². The van der Waals surface area contributed by atoms with Crippen molar-refractivity contribution in [1.29, 1.82) is 0 Å². The summed E-state index contributed by atoms with van der Waals surface area (Å²) in [5, 5.41) is 0. The molecule has 0 aromatic carbocycles. The van der Waals surface area contributed by atoms with Gasteiger partial charge in [0.25, 0.3) is 0 Å². The lowest BCUT2D eigenvalue weighted by molar-refractivity contribution is -0.140. The standard InChI is InChI=1S/C14H25N3O2/c1-2-3-12(15)10-13(18)16-6-8-17(9-7-16)14(19)11-4-5-11/h11-12H,2-10,15H2,1H3. The molecule has 0 aromatic rings. The van der Waals surface area contributed by atoms with E-state index in [9.17, 15) is 9.59 Å². The van der Waals surface area contributed by atoms with Crippen molar-refractivity contribution in [3.8, 4) is 0 Å². The number of hydrogen-bond donors (Lipinski definition) is 1. The Kier molecular flexibility index (Phi) is 4.80. The number of piperazine rings is 1. The minimum atomic E-state index is -0.0244. The van der Waals surface area contributed by atoms with Crippen LogP contribution in [0.15, 0.2) is 0 Å². The summed E-state index contributed by atoms with van der Waals surface area (Å²) in [7, 11) is 0. The van der Waals surface area contributed by atoms with Gasteiger partial charge in [0.1, 0.15) is 0 Å². The van der Waals surface area contributed by atoms with Gasteiger partial charge in [0.2, 0.25) is 11.8 Å². The number of amides is 2. The van der Waals surface area contributed by atoms with Crippen molar-refractivity contribution in [2.45, 2.75) is 45.1 Å². The summed E-state index contributed by atoms with van der Waals surface area (Å²) in [4.78, 5) is 27.7. The minimum Gasteiger partial charge on any atom is -0.339 e. The molecule has 1 saturated heterocycles. The van der Waals surface area contributed by atoms with Gasteiger partial charge >= 0.3 is 0 Å². The molecule has 19 heavy (non-hydrogen) atoms. The Bertz CT molecular complexity index is 334. The molecule has 0 aromatic heterocycles. The highest BCUT2D eigenvalue weighted by Gasteiger charge is 2.35. The van der Waals surface area contributed by atoms with Crippen molar-refractivity contribution in [3.05, 3.63) is 0 Å². The molecule has 108 valence electrons. The van der Waals surface area contributed by atoms with Crippen LogP contribution in [-0.4, -0.2) is 53.8 Å². The first kappa shape index (κ1) is 14.3. The van der Waals surface area contributed by atoms with Crippen molar-refractivity contribution in [2.75, 3.05) is 26.2 Å². The maximum Gasteiger partial charge on any atom is 0.225 e. The Hall–Kier alpha value is -1.10. The van der Waals surface area contributed by atoms with E-state index in [1.807, 2.05) is 9.80 Å². The quantitative estimate of drug-likeness (QED) is 0.792. The Morgan fingerprint density at radius 1 is 1.16 bits per heavy atom. The number of carbonyl (C=O) groups is 2. The molecule has 5 heteroatoms. The monoisotopic (exact) mass is 267 g/mol. The van der Waals surface area contributed by atoms with E-state index >= 15 is 0 Å². The normalized spacial score (nSPS) is 21.4. The van der Waals surface area contributed by atoms with Crippen molar-refractivity contribution in [2.24, 2.45) is 11.7 Å². The largest absolute Gasteiger partial charge is 0.339 e. The van der Waals surface area contributed by atoms with Gasteiger partial charge in [-0.25, -0.2) is 0 Å². The molecule has 1 aliphatic heterocycles. The summed E-state index contributed by atoms with van der Waals surface area (Å²) in [5.41, 5.74) is 5.90. The fraction of sp³-hybridized carbons (Fsp3) is 0.857. The molecule has 0 bridgehead atoms. The van der Waals surface area contributed by atoms with Crippen molar-refractivity contribution >= 4 is 11.8 Å². The van der Waals surface area contributed by atoms with Crippen LogP contribution in [-0.2, 0) is 9.59 Å². The lowest BCUT2D eigenvalue weighted by Crippen LogP contribution is -2.51. The average molecular weight is 267 g/mol. The molecule has 0 spiro atoms. The first-order chi connectivity index (χ1) is 9.11. The molecule has 1 aliphatic carbocycles. The van der Waals surface area contributed by atoms with Gasteiger partial charge in [0.05, 0.1) is 0 Å². The number of hydrogen-bond acceptors (Lipinski definition) is 3. The second-order valence-corrected chi connectivity index (χ2v) is 5.73. The van der Waals surface area contributed by atoms with Crippen LogP contribution in [0, 0.1) is 5.92 Å². The summed E-state index contributed by atoms with van der Waals surface area (Å²) in [5.74, 6) is 0.703. The lowest BCUT2D eigenvalue weighted by atomic mass is 10.1. The molecule has 2 aliphatic rings. The second-order valence-electron chi connectivity index (χ2n) is 5.73. The SMILES string of the molecule is CCCC(N)CC(=O)N1CCN(C(=O)C2CC2)CC1. The summed E-state index contributed by atoms with van der Waals surface area (Å²) < 4.78 is 0. The van der Waals surface area contributed by atoms with E-state index in [0.29, 0.717) is 32.6 Å². The van der Waals surface area contributed by atoms with Gasteiger partial charge in [-0.1, -0.05) is 13.3 Å². The van der Waals surface area contributed by atoms with E-state index in [2.05, 4.69) is 6.92 Å². The minimum absolute atomic E-state index is 0.0244. The van der Waals surface area contributed by atoms with Gasteiger partial charge in [-0.05, 0) is 19.3 Å². The molecule has 0 radical (unpaired) electrons. The molecule has 2 amide bonds. The summed E-state index contributed by atoms with van der Waals surface area (Å²) in [6, 6.07) is -0.0244. The number of rotatable bonds is 5. The predicted octanol–water partition coefficient (Wildman–Crippen LogP) is 0.585. The lowest BCUT2D eigenvalue weighted by Gasteiger charge is -2.35. The van der Waals surface area contributed by atoms with Gasteiger partial charge in [-0.2, -0.15) is 0 Å². The fourth-order valence-electron chi connectivity index (χ4n) is 2.59. The summed E-state index contributed by atoms with van der Waals surface area (Å²) in [6.45, 7) is 4.77. The predicted molar refractivity (Wildman–Crippen MR) is 73.4 cm³/mol. The van der Waals surface area contributed by atoms with Crippen LogP contribution in [0.5, 0.6) is 0 Å². The van der Waals surface area contributed by atoms with E-state index < -0.39 is 0 Å². The van der Waals surface area contributed by atoms with Crippen molar-refractivity contribution < 1.29 is 9.59 Å². The van der Waals surface area contributed by atoms with E-state index in [-0.39, 0.29) is 23.8 Å². The average Bonchev–Trinajstić information content (AvgIpc) is 3.22. The Balaban J connectivity index is 1.72. The molecule has 1 heterocycles. The number of nitrogens with two attached hydrogens (primary N) is 1. The number of carbonyl (C=O) groups excluding carboxylic acids is 2. The Labute approximate surface area is 115 Å². The smallest absolute Gasteiger partial charge is 0.225 e. The topological polar surface area (TPSA) is 66.6 Å². The van der Waals surface area contributed by atoms with Crippen LogP contribution in [0.2, 0.25) is 0 Å². The highest BCUT2D eigenvalue weighted by atomic mass is 16.2. The van der Waals surface area contributed by atoms with Gasteiger partial charge < -0.3 is 15.5 Å². The van der Waals surface area contributed by atoms with Crippen molar-refractivity contribution in [3.63, 3.8) is 0 Å². The third kappa shape index (κ3) is 3.93. The van der Waals surface area contributed by atoms with Crippen molar-refractivity contribution in [1.82, 2.24) is 9.80 Å². The second kappa shape index (κ2) is 6.37. The van der Waals surface area contributed by atoms with Gasteiger partial charge in [0.15, 0.2) is 0 Å². The molecule has 2 N–H and O–H groups in total. The van der Waals surface area contributed by atoms with E-state index in [4.69, 9.17) is 5.73 Å². The third-order valence-corrected chi connectivity index (χ3v) is 3.97. The molecule has 1 unspecified atom stereocenters. The maximum absolute atomic E-state index is 12.0.